The van der Waals surface area contributed by atoms with Gasteiger partial charge in [-0.25, -0.2) is 18.1 Å². The summed E-state index contributed by atoms with van der Waals surface area (Å²) in [7, 11) is -2.23. The maximum absolute atomic E-state index is 12.1. The molecule has 0 amide bonds. The van der Waals surface area contributed by atoms with Crippen molar-refractivity contribution in [1.82, 2.24) is 15.1 Å². The number of sulfonamides is 1. The van der Waals surface area contributed by atoms with E-state index in [4.69, 9.17) is 4.52 Å². The molecular formula is C9H11N5O3S. The predicted molar refractivity (Wildman–Crippen MR) is 63.6 cm³/mol. The van der Waals surface area contributed by atoms with Crippen LogP contribution >= 0.6 is 0 Å². The summed E-state index contributed by atoms with van der Waals surface area (Å²) in [5.74, 6) is 0.578. The highest BCUT2D eigenvalue weighted by Gasteiger charge is 2.21. The van der Waals surface area contributed by atoms with E-state index in [1.807, 2.05) is 0 Å². The highest BCUT2D eigenvalue weighted by atomic mass is 32.2. The minimum absolute atomic E-state index is 0.00310. The molecule has 0 aliphatic carbocycles. The topological polar surface area (TPSA) is 110 Å². The minimum atomic E-state index is -3.81. The van der Waals surface area contributed by atoms with Crippen molar-refractivity contribution < 1.29 is 12.9 Å². The highest BCUT2D eigenvalue weighted by Crippen LogP contribution is 2.20. The Balaban J connectivity index is 2.36. The molecule has 0 saturated carbocycles. The van der Waals surface area contributed by atoms with Crippen LogP contribution in [0.3, 0.4) is 0 Å². The first-order valence-electron chi connectivity index (χ1n) is 4.99. The number of pyridine rings is 1. The van der Waals surface area contributed by atoms with E-state index >= 15 is 0 Å². The average Bonchev–Trinajstić information content (AvgIpc) is 2.74. The molecule has 96 valence electrons. The summed E-state index contributed by atoms with van der Waals surface area (Å²) in [4.78, 5) is 7.68. The van der Waals surface area contributed by atoms with Gasteiger partial charge in [-0.3, -0.25) is 0 Å². The van der Waals surface area contributed by atoms with Crippen LogP contribution in [-0.2, 0) is 10.0 Å². The van der Waals surface area contributed by atoms with Crippen LogP contribution in [0.1, 0.15) is 5.82 Å². The van der Waals surface area contributed by atoms with Gasteiger partial charge < -0.3 is 9.84 Å². The van der Waals surface area contributed by atoms with Crippen molar-refractivity contribution in [1.29, 1.82) is 0 Å². The van der Waals surface area contributed by atoms with Crippen molar-refractivity contribution in [2.45, 2.75) is 11.8 Å². The van der Waals surface area contributed by atoms with Crippen molar-refractivity contribution in [3.8, 4) is 0 Å². The molecule has 0 aliphatic heterocycles. The highest BCUT2D eigenvalue weighted by molar-refractivity contribution is 7.92. The molecule has 2 heterocycles. The Morgan fingerprint density at radius 1 is 1.39 bits per heavy atom. The molecule has 2 aromatic rings. The minimum Gasteiger partial charge on any atom is -0.372 e. The molecule has 0 radical (unpaired) electrons. The number of nitrogens with zero attached hydrogens (tertiary/aromatic N) is 3. The molecule has 0 spiro atoms. The largest absolute Gasteiger partial charge is 0.372 e. The van der Waals surface area contributed by atoms with Crippen LogP contribution in [0.5, 0.6) is 0 Å². The molecule has 0 aromatic carbocycles. The molecule has 0 aliphatic rings. The number of nitrogens with one attached hydrogen (secondary N) is 2. The smallest absolute Gasteiger partial charge is 0.335 e. The van der Waals surface area contributed by atoms with Crippen LogP contribution in [0.4, 0.5) is 11.8 Å². The fourth-order valence-corrected chi connectivity index (χ4v) is 2.39. The quantitative estimate of drug-likeness (QED) is 0.836. The summed E-state index contributed by atoms with van der Waals surface area (Å²) in [6.07, 6.45) is 1.49. The molecule has 0 bridgehead atoms. The third-order valence-electron chi connectivity index (χ3n) is 2.05. The van der Waals surface area contributed by atoms with Gasteiger partial charge in [-0.2, -0.15) is 4.98 Å². The van der Waals surface area contributed by atoms with Crippen molar-refractivity contribution in [2.24, 2.45) is 0 Å². The molecule has 0 saturated heterocycles. The Labute approximate surface area is 103 Å². The standard InChI is InChI=1S/C9H11N5O3S/c1-6-12-9(17-13-6)14-18(15,16)7-4-3-5-11-8(7)10-2/h3-5H,1-2H3,(H,10,11)(H,12,13,14). The van der Waals surface area contributed by atoms with Crippen molar-refractivity contribution in [3.63, 3.8) is 0 Å². The number of anilines is 2. The number of aromatic nitrogens is 3. The van der Waals surface area contributed by atoms with E-state index in [0.29, 0.717) is 5.82 Å². The van der Waals surface area contributed by atoms with E-state index in [1.54, 1.807) is 14.0 Å². The summed E-state index contributed by atoms with van der Waals surface area (Å²) in [5.41, 5.74) is 0. The van der Waals surface area contributed by atoms with Crippen LogP contribution in [0, 0.1) is 6.92 Å². The zero-order valence-corrected chi connectivity index (χ0v) is 10.5. The summed E-state index contributed by atoms with van der Waals surface area (Å²) in [6, 6.07) is 2.76. The van der Waals surface area contributed by atoms with E-state index in [2.05, 4.69) is 25.2 Å². The lowest BCUT2D eigenvalue weighted by Gasteiger charge is -2.07. The zero-order chi connectivity index (χ0) is 13.2. The van der Waals surface area contributed by atoms with Crippen LogP contribution < -0.4 is 10.0 Å². The van der Waals surface area contributed by atoms with Gasteiger partial charge in [-0.15, -0.1) is 0 Å². The van der Waals surface area contributed by atoms with Crippen LogP contribution in [-0.4, -0.2) is 30.6 Å². The summed E-state index contributed by atoms with van der Waals surface area (Å²) >= 11 is 0. The van der Waals surface area contributed by atoms with Crippen molar-refractivity contribution >= 4 is 21.9 Å². The van der Waals surface area contributed by atoms with Gasteiger partial charge in [0.25, 0.3) is 10.0 Å². The first kappa shape index (κ1) is 12.3. The average molecular weight is 269 g/mol. The maximum atomic E-state index is 12.1. The van der Waals surface area contributed by atoms with Gasteiger partial charge >= 0.3 is 6.01 Å². The van der Waals surface area contributed by atoms with Crippen LogP contribution in [0.25, 0.3) is 0 Å². The van der Waals surface area contributed by atoms with E-state index in [0.717, 1.165) is 0 Å². The van der Waals surface area contributed by atoms with E-state index < -0.39 is 10.0 Å². The third-order valence-corrected chi connectivity index (χ3v) is 3.40. The first-order chi connectivity index (χ1) is 8.53. The molecule has 9 heteroatoms. The molecule has 0 unspecified atom stereocenters. The van der Waals surface area contributed by atoms with Gasteiger partial charge in [0.15, 0.2) is 5.82 Å². The predicted octanol–water partition coefficient (Wildman–Crippen LogP) is 0.616. The molecule has 8 nitrogen and oxygen atoms in total. The van der Waals surface area contributed by atoms with E-state index in [-0.39, 0.29) is 16.7 Å². The van der Waals surface area contributed by atoms with Crippen molar-refractivity contribution in [3.05, 3.63) is 24.2 Å². The summed E-state index contributed by atoms with van der Waals surface area (Å²) in [5, 5.41) is 6.19. The Hall–Kier alpha value is -2.16. The molecule has 2 aromatic heterocycles. The SMILES string of the molecule is CNc1ncccc1S(=O)(=O)Nc1nc(C)no1. The van der Waals surface area contributed by atoms with Crippen LogP contribution in [0.15, 0.2) is 27.7 Å². The van der Waals surface area contributed by atoms with Gasteiger partial charge in [-0.05, 0) is 19.1 Å². The van der Waals surface area contributed by atoms with E-state index in [9.17, 15) is 8.42 Å². The van der Waals surface area contributed by atoms with Gasteiger partial charge in [-0.1, -0.05) is 5.16 Å². The second kappa shape index (κ2) is 4.61. The zero-order valence-electron chi connectivity index (χ0n) is 9.71. The monoisotopic (exact) mass is 269 g/mol. The summed E-state index contributed by atoms with van der Waals surface area (Å²) < 4.78 is 31.0. The Morgan fingerprint density at radius 3 is 2.78 bits per heavy atom. The fourth-order valence-electron chi connectivity index (χ4n) is 1.30. The molecule has 0 fully saturated rings. The second-order valence-corrected chi connectivity index (χ2v) is 5.00. The fraction of sp³-hybridized carbons (Fsp3) is 0.222. The maximum Gasteiger partial charge on any atom is 0.335 e. The first-order valence-corrected chi connectivity index (χ1v) is 6.47. The van der Waals surface area contributed by atoms with Gasteiger partial charge in [0, 0.05) is 13.2 Å². The molecule has 2 rings (SSSR count). The molecular weight excluding hydrogens is 258 g/mol. The second-order valence-electron chi connectivity index (χ2n) is 3.35. The Kier molecular flexibility index (Phi) is 3.15. The number of aryl methyl sites for hydroxylation is 1. The summed E-state index contributed by atoms with van der Waals surface area (Å²) in [6.45, 7) is 1.59. The lowest BCUT2D eigenvalue weighted by Crippen LogP contribution is -2.15. The molecule has 2 N–H and O–H groups in total. The van der Waals surface area contributed by atoms with Gasteiger partial charge in [0.1, 0.15) is 10.7 Å². The number of hydrogen-bond acceptors (Lipinski definition) is 7. The number of hydrogen-bond donors (Lipinski definition) is 2. The lowest BCUT2D eigenvalue weighted by molar-refractivity contribution is 0.429. The van der Waals surface area contributed by atoms with Crippen LogP contribution in [0.2, 0.25) is 0 Å². The Bertz CT molecular complexity index is 652. The lowest BCUT2D eigenvalue weighted by atomic mass is 10.5. The third kappa shape index (κ3) is 2.40. The van der Waals surface area contributed by atoms with Gasteiger partial charge in [0.2, 0.25) is 0 Å². The van der Waals surface area contributed by atoms with Crippen molar-refractivity contribution in [2.75, 3.05) is 17.1 Å². The van der Waals surface area contributed by atoms with Gasteiger partial charge in [0.05, 0.1) is 0 Å². The molecule has 0 atom stereocenters. The van der Waals surface area contributed by atoms with E-state index in [1.165, 1.54) is 18.3 Å². The number of rotatable bonds is 4. The normalized spacial score (nSPS) is 11.2. The Morgan fingerprint density at radius 2 is 2.17 bits per heavy atom. The molecule has 18 heavy (non-hydrogen) atoms.